The molecule has 0 unspecified atom stereocenters. The molecule has 0 saturated heterocycles. The van der Waals surface area contributed by atoms with Crippen LogP contribution in [0.5, 0.6) is 5.75 Å². The van der Waals surface area contributed by atoms with Crippen LogP contribution in [0.15, 0.2) is 24.3 Å². The van der Waals surface area contributed by atoms with Crippen LogP contribution >= 0.6 is 0 Å². The number of ether oxygens (including phenoxy) is 2. The number of hydrogen-bond donors (Lipinski definition) is 0. The van der Waals surface area contributed by atoms with E-state index in [0.29, 0.717) is 0 Å². The molecule has 0 aliphatic carbocycles. The fourth-order valence-electron chi connectivity index (χ4n) is 2.38. The van der Waals surface area contributed by atoms with Crippen LogP contribution in [-0.2, 0) is 4.74 Å². The van der Waals surface area contributed by atoms with Crippen molar-refractivity contribution in [3.8, 4) is 5.75 Å². The molecule has 0 spiro atoms. The Morgan fingerprint density at radius 1 is 0.759 bits per heavy atom. The zero-order chi connectivity index (χ0) is 21.6. The molecule has 0 aliphatic heterocycles. The normalized spacial score (nSPS) is 10.7. The minimum atomic E-state index is -2.38. The van der Waals surface area contributed by atoms with Crippen molar-refractivity contribution < 1.29 is 41.0 Å². The predicted molar refractivity (Wildman–Crippen MR) is 92.1 cm³/mol. The number of carbonyl (C=O) groups is 2. The minimum absolute atomic E-state index is 0.136. The molecule has 2 aromatic rings. The quantitative estimate of drug-likeness (QED) is 0.146. The summed E-state index contributed by atoms with van der Waals surface area (Å²) in [6.07, 6.45) is 3.72. The summed E-state index contributed by atoms with van der Waals surface area (Å²) < 4.78 is 76.4. The van der Waals surface area contributed by atoms with Gasteiger partial charge in [-0.15, -0.1) is 0 Å². The molecule has 2 rings (SSSR count). The second kappa shape index (κ2) is 9.99. The molecule has 0 bridgehead atoms. The average molecular weight is 416 g/mol. The Morgan fingerprint density at radius 2 is 1.31 bits per heavy atom. The van der Waals surface area contributed by atoms with E-state index < -0.39 is 46.6 Å². The highest BCUT2D eigenvalue weighted by Crippen LogP contribution is 2.24. The molecule has 0 aliphatic rings. The molecular weight excluding hydrogens is 399 g/mol. The maximum atomic E-state index is 13.6. The van der Waals surface area contributed by atoms with Crippen LogP contribution < -0.4 is 4.74 Å². The zero-order valence-corrected chi connectivity index (χ0v) is 15.4. The zero-order valence-electron chi connectivity index (χ0n) is 15.4. The summed E-state index contributed by atoms with van der Waals surface area (Å²) in [6, 6.07) is 4.71. The minimum Gasteiger partial charge on any atom is -0.462 e. The van der Waals surface area contributed by atoms with Crippen LogP contribution in [0.2, 0.25) is 0 Å². The Morgan fingerprint density at radius 3 is 1.86 bits per heavy atom. The van der Waals surface area contributed by atoms with E-state index in [1.807, 2.05) is 6.92 Å². The van der Waals surface area contributed by atoms with Crippen molar-refractivity contribution in [2.24, 2.45) is 0 Å². The predicted octanol–water partition coefficient (Wildman–Crippen LogP) is 5.34. The second-order valence-corrected chi connectivity index (χ2v) is 6.06. The molecule has 0 N–H and O–H groups in total. The van der Waals surface area contributed by atoms with E-state index in [2.05, 4.69) is 4.74 Å². The Kier molecular flexibility index (Phi) is 7.69. The number of carbonyl (C=O) groups excluding carboxylic acids is 2. The molecule has 0 heterocycles. The maximum Gasteiger partial charge on any atom is 0.349 e. The Bertz CT molecular complexity index is 868. The van der Waals surface area contributed by atoms with E-state index in [9.17, 15) is 31.5 Å². The summed E-state index contributed by atoms with van der Waals surface area (Å²) in [4.78, 5) is 23.7. The molecule has 2 aromatic carbocycles. The molecule has 0 aromatic heterocycles. The summed E-state index contributed by atoms with van der Waals surface area (Å²) in [5.41, 5.74) is -1.58. The smallest absolute Gasteiger partial charge is 0.349 e. The molecule has 29 heavy (non-hydrogen) atoms. The van der Waals surface area contributed by atoms with E-state index in [1.54, 1.807) is 0 Å². The number of hydrogen-bond acceptors (Lipinski definition) is 4. The van der Waals surface area contributed by atoms with Gasteiger partial charge in [-0.2, -0.15) is 0 Å². The third-order valence-corrected chi connectivity index (χ3v) is 3.95. The van der Waals surface area contributed by atoms with E-state index in [4.69, 9.17) is 4.74 Å². The largest absolute Gasteiger partial charge is 0.462 e. The van der Waals surface area contributed by atoms with E-state index in [-0.39, 0.29) is 17.9 Å². The van der Waals surface area contributed by atoms with Gasteiger partial charge in [-0.25, -0.2) is 31.5 Å². The number of esters is 2. The number of benzene rings is 2. The number of halogens is 5. The van der Waals surface area contributed by atoms with Gasteiger partial charge in [0, 0.05) is 0 Å². The van der Waals surface area contributed by atoms with Crippen LogP contribution in [0.4, 0.5) is 22.0 Å². The average Bonchev–Trinajstić information content (AvgIpc) is 2.71. The van der Waals surface area contributed by atoms with E-state index in [1.165, 1.54) is 12.1 Å². The second-order valence-electron chi connectivity index (χ2n) is 6.06. The third kappa shape index (κ3) is 5.30. The molecule has 0 radical (unpaired) electrons. The van der Waals surface area contributed by atoms with Crippen molar-refractivity contribution in [2.45, 2.75) is 32.6 Å². The van der Waals surface area contributed by atoms with Crippen LogP contribution in [0.1, 0.15) is 53.3 Å². The first-order valence-electron chi connectivity index (χ1n) is 8.78. The van der Waals surface area contributed by atoms with Gasteiger partial charge < -0.3 is 9.47 Å². The van der Waals surface area contributed by atoms with Crippen LogP contribution in [0.3, 0.4) is 0 Å². The number of unbranched alkanes of at least 4 members (excludes halogenated alkanes) is 3. The molecule has 0 amide bonds. The van der Waals surface area contributed by atoms with Crippen LogP contribution in [0.25, 0.3) is 0 Å². The topological polar surface area (TPSA) is 52.6 Å². The van der Waals surface area contributed by atoms with Gasteiger partial charge in [0.1, 0.15) is 11.3 Å². The third-order valence-electron chi connectivity index (χ3n) is 3.95. The Hall–Kier alpha value is -2.97. The molecule has 0 saturated carbocycles. The fourth-order valence-corrected chi connectivity index (χ4v) is 2.38. The maximum absolute atomic E-state index is 13.6. The van der Waals surface area contributed by atoms with Crippen molar-refractivity contribution >= 4 is 11.9 Å². The van der Waals surface area contributed by atoms with Gasteiger partial charge >= 0.3 is 11.9 Å². The molecule has 0 atom stereocenters. The monoisotopic (exact) mass is 416 g/mol. The lowest BCUT2D eigenvalue weighted by atomic mass is 10.1. The first kappa shape index (κ1) is 22.3. The Labute approximate surface area is 163 Å². The van der Waals surface area contributed by atoms with Gasteiger partial charge in [0.2, 0.25) is 5.82 Å². The van der Waals surface area contributed by atoms with Crippen molar-refractivity contribution in [3.63, 3.8) is 0 Å². The van der Waals surface area contributed by atoms with Crippen molar-refractivity contribution in [1.29, 1.82) is 0 Å². The molecular formula is C20H17F5O4. The van der Waals surface area contributed by atoms with Gasteiger partial charge in [0.05, 0.1) is 12.2 Å². The highest BCUT2D eigenvalue weighted by atomic mass is 19.2. The summed E-state index contributed by atoms with van der Waals surface area (Å²) in [6.45, 7) is 2.29. The first-order valence-corrected chi connectivity index (χ1v) is 8.78. The van der Waals surface area contributed by atoms with Gasteiger partial charge in [-0.3, -0.25) is 0 Å². The molecule has 4 nitrogen and oxygen atoms in total. The number of rotatable bonds is 8. The lowest BCUT2D eigenvalue weighted by Crippen LogP contribution is -2.17. The highest BCUT2D eigenvalue weighted by molar-refractivity contribution is 5.92. The van der Waals surface area contributed by atoms with Gasteiger partial charge in [0.15, 0.2) is 23.3 Å². The van der Waals surface area contributed by atoms with E-state index in [0.717, 1.165) is 37.8 Å². The SMILES string of the molecule is CCCCCCOC(=O)c1ccc(OC(=O)c2c(F)c(F)c(F)c(F)c2F)cc1. The highest BCUT2D eigenvalue weighted by Gasteiger charge is 2.31. The van der Waals surface area contributed by atoms with Gasteiger partial charge in [0.25, 0.3) is 0 Å². The summed E-state index contributed by atoms with van der Waals surface area (Å²) in [7, 11) is 0. The van der Waals surface area contributed by atoms with Crippen LogP contribution in [-0.4, -0.2) is 18.5 Å². The van der Waals surface area contributed by atoms with Crippen molar-refractivity contribution in [1.82, 2.24) is 0 Å². The molecule has 156 valence electrons. The van der Waals surface area contributed by atoms with Crippen molar-refractivity contribution in [3.05, 3.63) is 64.5 Å². The van der Waals surface area contributed by atoms with E-state index >= 15 is 0 Å². The fraction of sp³-hybridized carbons (Fsp3) is 0.300. The first-order chi connectivity index (χ1) is 13.8. The van der Waals surface area contributed by atoms with Gasteiger partial charge in [-0.1, -0.05) is 26.2 Å². The van der Waals surface area contributed by atoms with Crippen LogP contribution in [0, 0.1) is 29.1 Å². The standard InChI is InChI=1S/C20H17F5O4/c1-2-3-4-5-10-28-19(26)11-6-8-12(9-7-11)29-20(27)13-14(21)16(23)18(25)17(24)15(13)22/h6-9H,2-5,10H2,1H3. The lowest BCUT2D eigenvalue weighted by molar-refractivity contribution is 0.0497. The summed E-state index contributed by atoms with van der Waals surface area (Å²) >= 11 is 0. The summed E-state index contributed by atoms with van der Waals surface area (Å²) in [5, 5.41) is 0. The summed E-state index contributed by atoms with van der Waals surface area (Å²) in [5.74, 6) is -14.1. The Balaban J connectivity index is 2.05. The molecule has 0 fully saturated rings. The molecule has 9 heteroatoms. The lowest BCUT2D eigenvalue weighted by Gasteiger charge is -2.09. The van der Waals surface area contributed by atoms with Gasteiger partial charge in [-0.05, 0) is 30.7 Å². The van der Waals surface area contributed by atoms with Crippen molar-refractivity contribution in [2.75, 3.05) is 6.61 Å².